The zero-order valence-corrected chi connectivity index (χ0v) is 9.00. The molecule has 0 aromatic carbocycles. The molecule has 1 aromatic heterocycles. The van der Waals surface area contributed by atoms with E-state index in [2.05, 4.69) is 20.5 Å². The van der Waals surface area contributed by atoms with Crippen LogP contribution in [0, 0.1) is 0 Å². The average Bonchev–Trinajstić information content (AvgIpc) is 3.02. The highest BCUT2D eigenvalue weighted by Crippen LogP contribution is 2.32. The molecule has 0 radical (unpaired) electrons. The molecule has 1 saturated carbocycles. The number of nitrogens with one attached hydrogen (secondary N) is 2. The highest BCUT2D eigenvalue weighted by molar-refractivity contribution is 5.04. The van der Waals surface area contributed by atoms with Crippen molar-refractivity contribution in [2.45, 2.75) is 50.5 Å². The predicted molar refractivity (Wildman–Crippen MR) is 57.6 cm³/mol. The van der Waals surface area contributed by atoms with Gasteiger partial charge in [-0.25, -0.2) is 4.98 Å². The molecule has 2 fully saturated rings. The van der Waals surface area contributed by atoms with E-state index in [-0.39, 0.29) is 0 Å². The Morgan fingerprint density at radius 1 is 1.07 bits per heavy atom. The topological polar surface area (TPSA) is 53.6 Å². The number of hydrogen-bond donors (Lipinski definition) is 2. The number of aromatic amines is 1. The van der Waals surface area contributed by atoms with E-state index < -0.39 is 0 Å². The molecule has 1 saturated heterocycles. The molecule has 0 amide bonds. The molecule has 4 heteroatoms. The van der Waals surface area contributed by atoms with Crippen molar-refractivity contribution in [1.29, 1.82) is 0 Å². The lowest BCUT2D eigenvalue weighted by Gasteiger charge is -2.04. The highest BCUT2D eigenvalue weighted by atomic mass is 15.2. The van der Waals surface area contributed by atoms with Crippen molar-refractivity contribution in [1.82, 2.24) is 20.5 Å². The molecule has 0 bridgehead atoms. The van der Waals surface area contributed by atoms with Crippen molar-refractivity contribution in [3.8, 4) is 0 Å². The first-order chi connectivity index (χ1) is 7.43. The number of rotatable bonds is 2. The average molecular weight is 206 g/mol. The Labute approximate surface area is 89.9 Å². The van der Waals surface area contributed by atoms with Crippen LogP contribution < -0.4 is 5.32 Å². The fraction of sp³-hybridized carbons (Fsp3) is 0.818. The minimum absolute atomic E-state index is 0.424. The summed E-state index contributed by atoms with van der Waals surface area (Å²) in [7, 11) is 0. The van der Waals surface area contributed by atoms with Gasteiger partial charge in [0.1, 0.15) is 5.82 Å². The summed E-state index contributed by atoms with van der Waals surface area (Å²) in [5.74, 6) is 2.72. The van der Waals surface area contributed by atoms with Crippen LogP contribution in [0.1, 0.15) is 62.1 Å². The monoisotopic (exact) mass is 206 g/mol. The zero-order chi connectivity index (χ0) is 10.1. The van der Waals surface area contributed by atoms with Gasteiger partial charge in [0.2, 0.25) is 0 Å². The zero-order valence-electron chi connectivity index (χ0n) is 9.00. The van der Waals surface area contributed by atoms with Crippen molar-refractivity contribution in [3.63, 3.8) is 0 Å². The molecule has 1 aliphatic carbocycles. The van der Waals surface area contributed by atoms with Gasteiger partial charge < -0.3 is 5.32 Å². The second kappa shape index (κ2) is 3.93. The molecule has 15 heavy (non-hydrogen) atoms. The Balaban J connectivity index is 1.74. The van der Waals surface area contributed by atoms with Gasteiger partial charge in [-0.05, 0) is 32.2 Å². The van der Waals surface area contributed by atoms with Gasteiger partial charge in [-0.3, -0.25) is 5.10 Å². The minimum atomic E-state index is 0.424. The van der Waals surface area contributed by atoms with Crippen LogP contribution in [-0.4, -0.2) is 21.7 Å². The summed E-state index contributed by atoms with van der Waals surface area (Å²) >= 11 is 0. The Morgan fingerprint density at radius 3 is 2.67 bits per heavy atom. The van der Waals surface area contributed by atoms with Crippen LogP contribution in [-0.2, 0) is 0 Å². The van der Waals surface area contributed by atoms with E-state index in [1.807, 2.05) is 0 Å². The van der Waals surface area contributed by atoms with Crippen LogP contribution in [0.4, 0.5) is 0 Å². The third-order valence-corrected chi connectivity index (χ3v) is 3.63. The predicted octanol–water partition coefficient (Wildman–Crippen LogP) is 1.89. The van der Waals surface area contributed by atoms with E-state index in [0.717, 1.165) is 18.2 Å². The van der Waals surface area contributed by atoms with E-state index >= 15 is 0 Å². The molecule has 4 nitrogen and oxygen atoms in total. The van der Waals surface area contributed by atoms with Gasteiger partial charge in [-0.15, -0.1) is 0 Å². The van der Waals surface area contributed by atoms with Crippen molar-refractivity contribution < 1.29 is 0 Å². The third kappa shape index (κ3) is 1.78. The maximum atomic E-state index is 4.65. The SMILES string of the molecule is C1CCC(c2n[nH]c(C3CCCN3)n2)C1. The van der Waals surface area contributed by atoms with Crippen LogP contribution in [0.5, 0.6) is 0 Å². The quantitative estimate of drug-likeness (QED) is 0.777. The van der Waals surface area contributed by atoms with E-state index in [9.17, 15) is 0 Å². The maximum Gasteiger partial charge on any atom is 0.153 e. The summed E-state index contributed by atoms with van der Waals surface area (Å²) in [6, 6.07) is 0.424. The fourth-order valence-electron chi connectivity index (χ4n) is 2.73. The number of H-pyrrole nitrogens is 1. The van der Waals surface area contributed by atoms with Gasteiger partial charge in [-0.2, -0.15) is 5.10 Å². The highest BCUT2D eigenvalue weighted by Gasteiger charge is 2.24. The summed E-state index contributed by atoms with van der Waals surface area (Å²) in [5, 5.41) is 10.9. The number of hydrogen-bond acceptors (Lipinski definition) is 3. The van der Waals surface area contributed by atoms with Crippen molar-refractivity contribution in [3.05, 3.63) is 11.6 Å². The first-order valence-electron chi connectivity index (χ1n) is 6.09. The molecule has 1 aliphatic heterocycles. The Kier molecular flexibility index (Phi) is 2.44. The van der Waals surface area contributed by atoms with E-state index in [1.54, 1.807) is 0 Å². The van der Waals surface area contributed by atoms with Crippen molar-refractivity contribution in [2.75, 3.05) is 6.54 Å². The Bertz CT molecular complexity index is 291. The molecular formula is C11H18N4. The second-order valence-electron chi connectivity index (χ2n) is 4.71. The maximum absolute atomic E-state index is 4.65. The van der Waals surface area contributed by atoms with Crippen molar-refractivity contribution >= 4 is 0 Å². The van der Waals surface area contributed by atoms with Crippen molar-refractivity contribution in [2.24, 2.45) is 0 Å². The first-order valence-corrected chi connectivity index (χ1v) is 6.09. The van der Waals surface area contributed by atoms with Crippen LogP contribution in [0.2, 0.25) is 0 Å². The summed E-state index contributed by atoms with van der Waals surface area (Å²) in [4.78, 5) is 4.65. The van der Waals surface area contributed by atoms with Gasteiger partial charge in [0, 0.05) is 5.92 Å². The molecule has 1 aromatic rings. The van der Waals surface area contributed by atoms with Gasteiger partial charge in [0.15, 0.2) is 5.82 Å². The lowest BCUT2D eigenvalue weighted by Crippen LogP contribution is -2.14. The Morgan fingerprint density at radius 2 is 1.93 bits per heavy atom. The van der Waals surface area contributed by atoms with Crippen LogP contribution in [0.25, 0.3) is 0 Å². The smallest absolute Gasteiger partial charge is 0.153 e. The van der Waals surface area contributed by atoms with E-state index in [0.29, 0.717) is 12.0 Å². The van der Waals surface area contributed by atoms with Gasteiger partial charge in [0.25, 0.3) is 0 Å². The molecule has 2 N–H and O–H groups in total. The van der Waals surface area contributed by atoms with Gasteiger partial charge >= 0.3 is 0 Å². The lowest BCUT2D eigenvalue weighted by molar-refractivity contribution is 0.605. The molecule has 1 atom stereocenters. The summed E-state index contributed by atoms with van der Waals surface area (Å²) in [6.45, 7) is 1.12. The minimum Gasteiger partial charge on any atom is -0.307 e. The first kappa shape index (κ1) is 9.33. The molecule has 2 heterocycles. The summed E-state index contributed by atoms with van der Waals surface area (Å²) in [6.07, 6.45) is 7.68. The number of nitrogens with zero attached hydrogens (tertiary/aromatic N) is 2. The second-order valence-corrected chi connectivity index (χ2v) is 4.71. The standard InChI is InChI=1S/C11H18N4/c1-2-5-8(4-1)10-13-11(15-14-10)9-6-3-7-12-9/h8-9,12H,1-7H2,(H,13,14,15). The molecule has 3 rings (SSSR count). The molecule has 2 aliphatic rings. The van der Waals surface area contributed by atoms with E-state index in [1.165, 1.54) is 38.5 Å². The fourth-order valence-corrected chi connectivity index (χ4v) is 2.73. The van der Waals surface area contributed by atoms with Crippen LogP contribution >= 0.6 is 0 Å². The number of aromatic nitrogens is 3. The van der Waals surface area contributed by atoms with E-state index in [4.69, 9.17) is 0 Å². The third-order valence-electron chi connectivity index (χ3n) is 3.63. The Hall–Kier alpha value is -0.900. The normalized spacial score (nSPS) is 27.6. The van der Waals surface area contributed by atoms with Crippen LogP contribution in [0.3, 0.4) is 0 Å². The lowest BCUT2D eigenvalue weighted by atomic mass is 10.1. The largest absolute Gasteiger partial charge is 0.307 e. The summed E-state index contributed by atoms with van der Waals surface area (Å²) in [5.41, 5.74) is 0. The molecule has 82 valence electrons. The molecule has 1 unspecified atom stereocenters. The summed E-state index contributed by atoms with van der Waals surface area (Å²) < 4.78 is 0. The van der Waals surface area contributed by atoms with Gasteiger partial charge in [-0.1, -0.05) is 12.8 Å². The molecular weight excluding hydrogens is 188 g/mol. The van der Waals surface area contributed by atoms with Gasteiger partial charge in [0.05, 0.1) is 6.04 Å². The van der Waals surface area contributed by atoms with Crippen LogP contribution in [0.15, 0.2) is 0 Å². The molecule has 0 spiro atoms.